The number of carbonyl (C=O) groups excluding carboxylic acids is 1. The van der Waals surface area contributed by atoms with Crippen LogP contribution in [-0.4, -0.2) is 64.1 Å². The number of urea groups is 1. The summed E-state index contributed by atoms with van der Waals surface area (Å²) in [7, 11) is 0. The fourth-order valence-corrected chi connectivity index (χ4v) is 5.96. The van der Waals surface area contributed by atoms with Gasteiger partial charge in [0.1, 0.15) is 5.82 Å². The first-order chi connectivity index (χ1) is 18.3. The van der Waals surface area contributed by atoms with Crippen molar-refractivity contribution in [3.05, 3.63) is 71.3 Å². The second-order valence-corrected chi connectivity index (χ2v) is 11.1. The number of para-hydroxylation sites is 1. The number of hydrogen-bond acceptors (Lipinski definition) is 5. The Balaban J connectivity index is 1.23. The van der Waals surface area contributed by atoms with Crippen LogP contribution in [0.15, 0.2) is 48.5 Å². The summed E-state index contributed by atoms with van der Waals surface area (Å²) < 4.78 is 2.25. The Hall–Kier alpha value is -3.39. The van der Waals surface area contributed by atoms with Crippen molar-refractivity contribution in [3.8, 4) is 0 Å². The highest BCUT2D eigenvalue weighted by molar-refractivity contribution is 6.01. The van der Waals surface area contributed by atoms with E-state index in [1.807, 2.05) is 54.3 Å². The number of aromatic nitrogens is 3. The van der Waals surface area contributed by atoms with E-state index in [0.29, 0.717) is 24.5 Å². The van der Waals surface area contributed by atoms with Gasteiger partial charge in [-0.05, 0) is 75.4 Å². The average molecular weight is 516 g/mol. The van der Waals surface area contributed by atoms with Crippen molar-refractivity contribution in [3.63, 3.8) is 0 Å². The molecule has 0 saturated carbocycles. The molecule has 2 amide bonds. The maximum absolute atomic E-state index is 13.4. The third kappa shape index (κ3) is 5.41. The van der Waals surface area contributed by atoms with Crippen LogP contribution in [0.3, 0.4) is 0 Å². The number of anilines is 2. The van der Waals surface area contributed by atoms with E-state index in [1.165, 1.54) is 24.0 Å². The summed E-state index contributed by atoms with van der Waals surface area (Å²) >= 11 is 0. The summed E-state index contributed by atoms with van der Waals surface area (Å²) in [5.41, 5.74) is 4.15. The van der Waals surface area contributed by atoms with Gasteiger partial charge in [0, 0.05) is 42.5 Å². The van der Waals surface area contributed by atoms with Crippen molar-refractivity contribution >= 4 is 17.4 Å². The Morgan fingerprint density at radius 2 is 1.71 bits per heavy atom. The molecular formula is C30H41N7O. The third-order valence-electron chi connectivity index (χ3n) is 8.10. The molecular weight excluding hydrogens is 474 g/mol. The molecule has 0 radical (unpaired) electrons. The number of aryl methyl sites for hydroxylation is 3. The number of fused-ring (bicyclic) bond motifs is 2. The molecule has 2 bridgehead atoms. The predicted molar refractivity (Wildman–Crippen MR) is 154 cm³/mol. The van der Waals surface area contributed by atoms with Gasteiger partial charge in [-0.2, -0.15) is 0 Å². The van der Waals surface area contributed by atoms with E-state index in [1.54, 1.807) is 0 Å². The molecule has 8 heteroatoms. The van der Waals surface area contributed by atoms with Gasteiger partial charge in [0.25, 0.3) is 0 Å². The zero-order valence-electron chi connectivity index (χ0n) is 23.4. The van der Waals surface area contributed by atoms with Crippen LogP contribution in [0.5, 0.6) is 0 Å². The molecule has 3 heterocycles. The highest BCUT2D eigenvalue weighted by atomic mass is 16.2. The molecule has 202 valence electrons. The van der Waals surface area contributed by atoms with Crippen molar-refractivity contribution in [1.29, 1.82) is 0 Å². The Bertz CT molecular complexity index is 1240. The number of nitrogens with zero attached hydrogens (tertiary/aromatic N) is 6. The predicted octanol–water partition coefficient (Wildman–Crippen LogP) is 5.24. The summed E-state index contributed by atoms with van der Waals surface area (Å²) in [4.78, 5) is 18.0. The SMILES string of the molecule is Cc1ccc(NC(=O)N(CCCN2[C@@H]3CC[C@H]2CN(n2c(C)nnc2C(C)C)C3)c2ccccc2)cc1C. The van der Waals surface area contributed by atoms with Gasteiger partial charge in [-0.25, -0.2) is 9.47 Å². The second kappa shape index (κ2) is 11.2. The number of carbonyl (C=O) groups is 1. The van der Waals surface area contributed by atoms with Crippen LogP contribution < -0.4 is 15.2 Å². The summed E-state index contributed by atoms with van der Waals surface area (Å²) in [6.07, 6.45) is 3.36. The molecule has 1 aromatic heterocycles. The number of piperazine rings is 1. The van der Waals surface area contributed by atoms with Crippen molar-refractivity contribution in [2.45, 2.75) is 71.9 Å². The maximum atomic E-state index is 13.4. The molecule has 1 N–H and O–H groups in total. The fraction of sp³-hybridized carbons (Fsp3) is 0.500. The average Bonchev–Trinajstić information content (AvgIpc) is 3.39. The van der Waals surface area contributed by atoms with E-state index in [0.717, 1.165) is 49.1 Å². The van der Waals surface area contributed by atoms with E-state index in [-0.39, 0.29) is 6.03 Å². The summed E-state index contributed by atoms with van der Waals surface area (Å²) in [6, 6.07) is 17.0. The topological polar surface area (TPSA) is 69.5 Å². The number of rotatable bonds is 8. The number of amides is 2. The lowest BCUT2D eigenvalue weighted by Crippen LogP contribution is -2.58. The second-order valence-electron chi connectivity index (χ2n) is 11.1. The normalized spacial score (nSPS) is 19.3. The highest BCUT2D eigenvalue weighted by Crippen LogP contribution is 2.31. The summed E-state index contributed by atoms with van der Waals surface area (Å²) in [5.74, 6) is 2.35. The van der Waals surface area contributed by atoms with E-state index in [4.69, 9.17) is 0 Å². The van der Waals surface area contributed by atoms with E-state index in [2.05, 4.69) is 63.9 Å². The molecule has 0 spiro atoms. The van der Waals surface area contributed by atoms with Crippen LogP contribution in [0.2, 0.25) is 0 Å². The molecule has 2 atom stereocenters. The van der Waals surface area contributed by atoms with Crippen LogP contribution in [0, 0.1) is 20.8 Å². The van der Waals surface area contributed by atoms with Gasteiger partial charge < -0.3 is 10.3 Å². The Labute approximate surface area is 226 Å². The lowest BCUT2D eigenvalue weighted by Gasteiger charge is -2.43. The first kappa shape index (κ1) is 26.2. The number of hydrogen-bond donors (Lipinski definition) is 1. The highest BCUT2D eigenvalue weighted by Gasteiger charge is 2.40. The van der Waals surface area contributed by atoms with Crippen molar-refractivity contribution < 1.29 is 4.79 Å². The van der Waals surface area contributed by atoms with Gasteiger partial charge in [-0.3, -0.25) is 9.80 Å². The number of benzene rings is 2. The van der Waals surface area contributed by atoms with E-state index >= 15 is 0 Å². The van der Waals surface area contributed by atoms with Crippen molar-refractivity contribution in [2.75, 3.05) is 41.4 Å². The first-order valence-corrected chi connectivity index (χ1v) is 14.0. The summed E-state index contributed by atoms with van der Waals surface area (Å²) in [5, 5.41) is 14.4. The molecule has 2 saturated heterocycles. The zero-order valence-corrected chi connectivity index (χ0v) is 23.4. The van der Waals surface area contributed by atoms with Gasteiger partial charge in [0.15, 0.2) is 5.82 Å². The lowest BCUT2D eigenvalue weighted by atomic mass is 10.1. The molecule has 2 aromatic carbocycles. The standard InChI is InChI=1S/C30H41N7O/c1-21(2)29-33-32-24(5)37(29)34-19-27-14-15-28(20-34)35(27)16-9-17-36(26-10-7-6-8-11-26)30(38)31-25-13-12-22(3)23(4)18-25/h6-8,10-13,18,21,27-28H,9,14-17,19-20H2,1-5H3,(H,31,38)/t27-,28+. The molecule has 8 nitrogen and oxygen atoms in total. The lowest BCUT2D eigenvalue weighted by molar-refractivity contribution is 0.152. The van der Waals surface area contributed by atoms with Crippen molar-refractivity contribution in [1.82, 2.24) is 19.8 Å². The molecule has 0 unspecified atom stereocenters. The van der Waals surface area contributed by atoms with E-state index < -0.39 is 0 Å². The van der Waals surface area contributed by atoms with Gasteiger partial charge >= 0.3 is 6.03 Å². The monoisotopic (exact) mass is 515 g/mol. The molecule has 2 fully saturated rings. The molecule has 3 aromatic rings. The minimum Gasteiger partial charge on any atom is -0.308 e. The third-order valence-corrected chi connectivity index (χ3v) is 8.10. The van der Waals surface area contributed by atoms with Crippen LogP contribution in [0.4, 0.5) is 16.2 Å². The summed E-state index contributed by atoms with van der Waals surface area (Å²) in [6.45, 7) is 14.2. The molecule has 0 aliphatic carbocycles. The van der Waals surface area contributed by atoms with Crippen LogP contribution in [0.1, 0.15) is 61.8 Å². The van der Waals surface area contributed by atoms with Crippen molar-refractivity contribution in [2.24, 2.45) is 0 Å². The Kier molecular flexibility index (Phi) is 7.70. The van der Waals surface area contributed by atoms with Crippen LogP contribution in [-0.2, 0) is 0 Å². The van der Waals surface area contributed by atoms with Gasteiger partial charge in [-0.1, -0.05) is 38.1 Å². The molecule has 2 aliphatic rings. The Morgan fingerprint density at radius 3 is 2.37 bits per heavy atom. The first-order valence-electron chi connectivity index (χ1n) is 14.0. The molecule has 5 rings (SSSR count). The van der Waals surface area contributed by atoms with Crippen LogP contribution in [0.25, 0.3) is 0 Å². The van der Waals surface area contributed by atoms with E-state index in [9.17, 15) is 4.79 Å². The zero-order chi connectivity index (χ0) is 26.8. The minimum atomic E-state index is -0.0865. The smallest absolute Gasteiger partial charge is 0.308 e. The largest absolute Gasteiger partial charge is 0.326 e. The van der Waals surface area contributed by atoms with Gasteiger partial charge in [0.05, 0.1) is 13.1 Å². The van der Waals surface area contributed by atoms with Crippen LogP contribution >= 0.6 is 0 Å². The quantitative estimate of drug-likeness (QED) is 0.444. The maximum Gasteiger partial charge on any atom is 0.326 e. The Morgan fingerprint density at radius 1 is 1.00 bits per heavy atom. The fourth-order valence-electron chi connectivity index (χ4n) is 5.96. The van der Waals surface area contributed by atoms with Gasteiger partial charge in [-0.15, -0.1) is 10.2 Å². The number of nitrogens with one attached hydrogen (secondary N) is 1. The molecule has 38 heavy (non-hydrogen) atoms. The van der Waals surface area contributed by atoms with Gasteiger partial charge in [0.2, 0.25) is 0 Å². The minimum absolute atomic E-state index is 0.0865. The molecule has 2 aliphatic heterocycles.